The molecule has 112 valence electrons. The fraction of sp³-hybridized carbons (Fsp3) is 0.286. The van der Waals surface area contributed by atoms with E-state index in [0.29, 0.717) is 29.0 Å². The van der Waals surface area contributed by atoms with Crippen molar-refractivity contribution in [1.82, 2.24) is 4.31 Å². The van der Waals surface area contributed by atoms with Crippen molar-refractivity contribution >= 4 is 37.3 Å². The maximum Gasteiger partial charge on any atom is 0.244 e. The van der Waals surface area contributed by atoms with Crippen LogP contribution in [0.5, 0.6) is 0 Å². The Hall–Kier alpha value is -0.730. The van der Waals surface area contributed by atoms with Crippen molar-refractivity contribution in [1.29, 1.82) is 0 Å². The Morgan fingerprint density at radius 1 is 1.33 bits per heavy atom. The van der Waals surface area contributed by atoms with Gasteiger partial charge in [-0.1, -0.05) is 6.07 Å². The zero-order chi connectivity index (χ0) is 15.0. The summed E-state index contributed by atoms with van der Waals surface area (Å²) < 4.78 is 27.7. The Bertz CT molecular complexity index is 771. The van der Waals surface area contributed by atoms with Gasteiger partial charge in [-0.25, -0.2) is 8.42 Å². The molecule has 2 aromatic rings. The molecule has 21 heavy (non-hydrogen) atoms. The first-order valence-electron chi connectivity index (χ1n) is 6.56. The lowest BCUT2D eigenvalue weighted by molar-refractivity contribution is 0.394. The van der Waals surface area contributed by atoms with E-state index < -0.39 is 10.0 Å². The van der Waals surface area contributed by atoms with Crippen LogP contribution < -0.4 is 5.73 Å². The molecule has 1 aromatic carbocycles. The van der Waals surface area contributed by atoms with E-state index in [-0.39, 0.29) is 0 Å². The SMILES string of the molecule is NCc1ccc(S(=O)(=O)N2CCc3sccc3C2)c(Br)c1. The maximum atomic E-state index is 12.8. The topological polar surface area (TPSA) is 63.4 Å². The molecule has 0 unspecified atom stereocenters. The Morgan fingerprint density at radius 2 is 2.14 bits per heavy atom. The van der Waals surface area contributed by atoms with Gasteiger partial charge in [-0.3, -0.25) is 0 Å². The molecule has 0 atom stereocenters. The number of rotatable bonds is 3. The van der Waals surface area contributed by atoms with Crippen LogP contribution in [0.25, 0.3) is 0 Å². The first-order chi connectivity index (χ1) is 10.0. The molecule has 0 radical (unpaired) electrons. The van der Waals surface area contributed by atoms with Crippen molar-refractivity contribution in [2.75, 3.05) is 6.54 Å². The molecule has 0 spiro atoms. The number of hydrogen-bond acceptors (Lipinski definition) is 4. The van der Waals surface area contributed by atoms with Gasteiger partial charge in [0, 0.05) is 29.0 Å². The fourth-order valence-corrected chi connectivity index (χ4v) is 5.84. The molecule has 1 aromatic heterocycles. The third-order valence-corrected chi connectivity index (χ3v) is 7.47. The molecule has 3 rings (SSSR count). The summed E-state index contributed by atoms with van der Waals surface area (Å²) in [5.41, 5.74) is 7.60. The summed E-state index contributed by atoms with van der Waals surface area (Å²) in [5, 5.41) is 2.02. The van der Waals surface area contributed by atoms with Crippen molar-refractivity contribution in [2.24, 2.45) is 5.73 Å². The van der Waals surface area contributed by atoms with Gasteiger partial charge in [-0.05, 0) is 57.1 Å². The molecule has 0 fully saturated rings. The van der Waals surface area contributed by atoms with Crippen LogP contribution in [0.1, 0.15) is 16.0 Å². The third kappa shape index (κ3) is 2.80. The number of halogens is 1. The van der Waals surface area contributed by atoms with Crippen molar-refractivity contribution in [3.63, 3.8) is 0 Å². The lowest BCUT2D eigenvalue weighted by Crippen LogP contribution is -2.35. The molecule has 0 saturated heterocycles. The Morgan fingerprint density at radius 3 is 2.86 bits per heavy atom. The number of benzene rings is 1. The summed E-state index contributed by atoms with van der Waals surface area (Å²) in [6.45, 7) is 1.37. The van der Waals surface area contributed by atoms with Gasteiger partial charge >= 0.3 is 0 Å². The van der Waals surface area contributed by atoms with Crippen LogP contribution in [0.4, 0.5) is 0 Å². The van der Waals surface area contributed by atoms with E-state index >= 15 is 0 Å². The predicted octanol–water partition coefficient (Wildman–Crippen LogP) is 2.72. The smallest absolute Gasteiger partial charge is 0.244 e. The summed E-state index contributed by atoms with van der Waals surface area (Å²) in [4.78, 5) is 1.59. The summed E-state index contributed by atoms with van der Waals surface area (Å²) in [6, 6.07) is 7.17. The molecular weight excluding hydrogens is 372 g/mol. The Kier molecular flexibility index (Phi) is 4.20. The van der Waals surface area contributed by atoms with Gasteiger partial charge in [-0.2, -0.15) is 4.31 Å². The first kappa shape index (κ1) is 15.2. The highest BCUT2D eigenvalue weighted by Gasteiger charge is 2.30. The molecule has 2 N–H and O–H groups in total. The van der Waals surface area contributed by atoms with E-state index in [1.807, 2.05) is 11.4 Å². The van der Waals surface area contributed by atoms with Crippen molar-refractivity contribution in [3.05, 3.63) is 50.1 Å². The molecule has 1 aliphatic heterocycles. The fourth-order valence-electron chi connectivity index (χ4n) is 2.45. The zero-order valence-corrected chi connectivity index (χ0v) is 14.5. The number of nitrogens with zero attached hydrogens (tertiary/aromatic N) is 1. The van der Waals surface area contributed by atoms with E-state index in [4.69, 9.17) is 5.73 Å². The molecule has 1 aliphatic rings. The summed E-state index contributed by atoms with van der Waals surface area (Å²) in [6.07, 6.45) is 0.782. The maximum absolute atomic E-state index is 12.8. The Balaban J connectivity index is 1.95. The highest BCUT2D eigenvalue weighted by Crippen LogP contribution is 2.31. The number of sulfonamides is 1. The molecule has 7 heteroatoms. The van der Waals surface area contributed by atoms with Gasteiger partial charge in [0.25, 0.3) is 0 Å². The van der Waals surface area contributed by atoms with Gasteiger partial charge in [0.2, 0.25) is 10.0 Å². The van der Waals surface area contributed by atoms with Crippen molar-refractivity contribution in [3.8, 4) is 0 Å². The second-order valence-electron chi connectivity index (χ2n) is 4.93. The minimum absolute atomic E-state index is 0.304. The monoisotopic (exact) mass is 386 g/mol. The minimum atomic E-state index is -3.49. The van der Waals surface area contributed by atoms with Crippen LogP contribution in [0.15, 0.2) is 39.0 Å². The quantitative estimate of drug-likeness (QED) is 0.881. The number of fused-ring (bicyclic) bond motifs is 1. The summed E-state index contributed by atoms with van der Waals surface area (Å²) in [5.74, 6) is 0. The van der Waals surface area contributed by atoms with Crippen LogP contribution >= 0.6 is 27.3 Å². The van der Waals surface area contributed by atoms with Gasteiger partial charge in [0.1, 0.15) is 0 Å². The number of nitrogens with two attached hydrogens (primary N) is 1. The van der Waals surface area contributed by atoms with Crippen LogP contribution in [0.2, 0.25) is 0 Å². The molecule has 4 nitrogen and oxygen atoms in total. The Labute approximate surface area is 136 Å². The molecular formula is C14H15BrN2O2S2. The molecule has 0 amide bonds. The van der Waals surface area contributed by atoms with Crippen molar-refractivity contribution in [2.45, 2.75) is 24.4 Å². The predicted molar refractivity (Wildman–Crippen MR) is 87.7 cm³/mol. The standard InChI is InChI=1S/C14H15BrN2O2S2/c15-12-7-10(8-16)1-2-14(12)21(18,19)17-5-3-13-11(9-17)4-6-20-13/h1-2,4,6-7H,3,5,8-9,16H2. The lowest BCUT2D eigenvalue weighted by atomic mass is 10.1. The highest BCUT2D eigenvalue weighted by molar-refractivity contribution is 9.10. The van der Waals surface area contributed by atoms with Gasteiger partial charge in [0.15, 0.2) is 0 Å². The van der Waals surface area contributed by atoms with Gasteiger partial charge < -0.3 is 5.73 Å². The highest BCUT2D eigenvalue weighted by atomic mass is 79.9. The second kappa shape index (κ2) is 5.81. The van der Waals surface area contributed by atoms with E-state index in [1.165, 1.54) is 4.88 Å². The van der Waals surface area contributed by atoms with Crippen LogP contribution in [-0.2, 0) is 29.5 Å². The average Bonchev–Trinajstić information content (AvgIpc) is 2.94. The van der Waals surface area contributed by atoms with E-state index in [1.54, 1.807) is 33.8 Å². The number of hydrogen-bond donors (Lipinski definition) is 1. The lowest BCUT2D eigenvalue weighted by Gasteiger charge is -2.26. The van der Waals surface area contributed by atoms with Gasteiger partial charge in [-0.15, -0.1) is 11.3 Å². The molecule has 0 saturated carbocycles. The summed E-state index contributed by atoms with van der Waals surface area (Å²) >= 11 is 5.05. The molecule has 0 aliphatic carbocycles. The van der Waals surface area contributed by atoms with Crippen molar-refractivity contribution < 1.29 is 8.42 Å². The molecule has 2 heterocycles. The average molecular weight is 387 g/mol. The van der Waals surface area contributed by atoms with Gasteiger partial charge in [0.05, 0.1) is 4.90 Å². The normalized spacial score (nSPS) is 15.9. The van der Waals surface area contributed by atoms with E-state index in [0.717, 1.165) is 17.5 Å². The first-order valence-corrected chi connectivity index (χ1v) is 9.67. The van der Waals surface area contributed by atoms with E-state index in [2.05, 4.69) is 15.9 Å². The number of thiophene rings is 1. The largest absolute Gasteiger partial charge is 0.326 e. The second-order valence-corrected chi connectivity index (χ2v) is 8.69. The summed E-state index contributed by atoms with van der Waals surface area (Å²) in [7, 11) is -3.49. The van der Waals surface area contributed by atoms with E-state index in [9.17, 15) is 8.42 Å². The molecule has 0 bridgehead atoms. The van der Waals surface area contributed by atoms with Crippen LogP contribution in [-0.4, -0.2) is 19.3 Å². The zero-order valence-electron chi connectivity index (χ0n) is 11.3. The van der Waals surface area contributed by atoms with Crippen LogP contribution in [0, 0.1) is 0 Å². The van der Waals surface area contributed by atoms with Crippen LogP contribution in [0.3, 0.4) is 0 Å². The minimum Gasteiger partial charge on any atom is -0.326 e. The third-order valence-electron chi connectivity index (χ3n) is 3.62.